The Hall–Kier alpha value is 0.250. The van der Waals surface area contributed by atoms with E-state index in [1.165, 1.54) is 32.5 Å². The smallest absolute Gasteiger partial charge is 0.0854 e. The summed E-state index contributed by atoms with van der Waals surface area (Å²) in [7, 11) is 0. The minimum atomic E-state index is 0. The second kappa shape index (κ2) is 2.24. The van der Waals surface area contributed by atoms with Crippen molar-refractivity contribution in [3.63, 3.8) is 0 Å². The Kier molecular flexibility index (Phi) is 1.78. The number of halogens is 1. The number of quaternary nitrogens is 1. The van der Waals surface area contributed by atoms with Crippen LogP contribution in [0.15, 0.2) is 0 Å². The van der Waals surface area contributed by atoms with Crippen LogP contribution in [0.3, 0.4) is 0 Å². The molecular weight excluding hydrogens is 122 g/mol. The number of fused-ring (bicyclic) bond motifs is 2. The fourth-order valence-corrected chi connectivity index (χ4v) is 1.81. The van der Waals surface area contributed by atoms with Crippen LogP contribution < -0.4 is 17.3 Å². The van der Waals surface area contributed by atoms with Crippen LogP contribution in [0.2, 0.25) is 0 Å². The molecule has 0 atom stereocenters. The lowest BCUT2D eigenvalue weighted by molar-refractivity contribution is -0.958. The van der Waals surface area contributed by atoms with Gasteiger partial charge in [-0.3, -0.25) is 0 Å². The number of rotatable bonds is 0. The van der Waals surface area contributed by atoms with Gasteiger partial charge in [-0.25, -0.2) is 0 Å². The Morgan fingerprint density at radius 2 is 2.00 bits per heavy atom. The Morgan fingerprint density at radius 3 is 2.12 bits per heavy atom. The molecule has 0 aromatic heterocycles. The summed E-state index contributed by atoms with van der Waals surface area (Å²) >= 11 is 0. The van der Waals surface area contributed by atoms with Gasteiger partial charge in [0.15, 0.2) is 0 Å². The zero-order valence-electron chi connectivity index (χ0n) is 4.99. The van der Waals surface area contributed by atoms with E-state index < -0.39 is 0 Å². The van der Waals surface area contributed by atoms with Crippen LogP contribution in [0, 0.1) is 5.92 Å². The topological polar surface area (TPSA) is 4.44 Å². The van der Waals surface area contributed by atoms with E-state index in [1.54, 1.807) is 0 Å². The third kappa shape index (κ3) is 0.848. The van der Waals surface area contributed by atoms with E-state index in [4.69, 9.17) is 0 Å². The predicted molar refractivity (Wildman–Crippen MR) is 28.3 cm³/mol. The van der Waals surface area contributed by atoms with Crippen LogP contribution in [0.25, 0.3) is 0 Å². The molecule has 0 saturated carbocycles. The average molecular weight is 134 g/mol. The van der Waals surface area contributed by atoms with E-state index in [9.17, 15) is 0 Å². The van der Waals surface area contributed by atoms with Crippen molar-refractivity contribution in [2.24, 2.45) is 5.92 Å². The molecule has 3 saturated heterocycles. The molecule has 3 heterocycles. The monoisotopic (exact) mass is 133 g/mol. The molecule has 0 radical (unpaired) electrons. The summed E-state index contributed by atoms with van der Waals surface area (Å²) in [5.41, 5.74) is 0. The van der Waals surface area contributed by atoms with Crippen molar-refractivity contribution in [2.75, 3.05) is 19.6 Å². The average Bonchev–Trinajstić information content (AvgIpc) is 1.67. The molecule has 2 bridgehead atoms. The maximum absolute atomic E-state index is 1.86. The molecule has 3 fully saturated rings. The van der Waals surface area contributed by atoms with Gasteiger partial charge >= 0.3 is 0 Å². The number of hydrogen-bond donors (Lipinski definition) is 1. The standard InChI is InChI=1S/C6H11N.ClH/c1-2-6-4-7(3-1)5-6;/h6H,1-5H2;1H. The maximum Gasteiger partial charge on any atom is 0.0854 e. The van der Waals surface area contributed by atoms with Gasteiger partial charge < -0.3 is 17.3 Å². The fourth-order valence-electron chi connectivity index (χ4n) is 1.81. The second-order valence-corrected chi connectivity index (χ2v) is 2.92. The van der Waals surface area contributed by atoms with Gasteiger partial charge in [0, 0.05) is 0 Å². The van der Waals surface area contributed by atoms with Gasteiger partial charge in [0.2, 0.25) is 0 Å². The van der Waals surface area contributed by atoms with Crippen LogP contribution in [-0.2, 0) is 0 Å². The van der Waals surface area contributed by atoms with Crippen LogP contribution in [-0.4, -0.2) is 19.6 Å². The molecule has 8 heavy (non-hydrogen) atoms. The minimum absolute atomic E-state index is 0. The van der Waals surface area contributed by atoms with Crippen LogP contribution in [0.5, 0.6) is 0 Å². The molecule has 1 nitrogen and oxygen atoms in total. The molecule has 0 aromatic rings. The highest BCUT2D eigenvalue weighted by molar-refractivity contribution is 4.67. The molecule has 0 unspecified atom stereocenters. The van der Waals surface area contributed by atoms with Crippen LogP contribution in [0.1, 0.15) is 12.8 Å². The van der Waals surface area contributed by atoms with Crippen molar-refractivity contribution in [3.8, 4) is 0 Å². The first-order valence-electron chi connectivity index (χ1n) is 3.29. The van der Waals surface area contributed by atoms with E-state index in [1.807, 2.05) is 4.90 Å². The lowest BCUT2D eigenvalue weighted by atomic mass is 9.89. The predicted octanol–water partition coefficient (Wildman–Crippen LogP) is -3.70. The van der Waals surface area contributed by atoms with Gasteiger partial charge in [-0.05, 0) is 12.8 Å². The van der Waals surface area contributed by atoms with Crippen molar-refractivity contribution in [2.45, 2.75) is 12.8 Å². The van der Waals surface area contributed by atoms with Gasteiger partial charge in [-0.15, -0.1) is 0 Å². The van der Waals surface area contributed by atoms with Crippen molar-refractivity contribution >= 4 is 0 Å². The van der Waals surface area contributed by atoms with Crippen molar-refractivity contribution in [1.29, 1.82) is 0 Å². The molecule has 0 amide bonds. The van der Waals surface area contributed by atoms with E-state index in [-0.39, 0.29) is 12.4 Å². The molecule has 3 aliphatic heterocycles. The lowest BCUT2D eigenvalue weighted by Crippen LogP contribution is -3.21. The van der Waals surface area contributed by atoms with Crippen molar-refractivity contribution in [3.05, 3.63) is 0 Å². The highest BCUT2D eigenvalue weighted by Crippen LogP contribution is 2.10. The van der Waals surface area contributed by atoms with Gasteiger partial charge in [0.25, 0.3) is 0 Å². The Morgan fingerprint density at radius 1 is 1.25 bits per heavy atom. The summed E-state index contributed by atoms with van der Waals surface area (Å²) < 4.78 is 0. The summed E-state index contributed by atoms with van der Waals surface area (Å²) in [6.45, 7) is 4.47. The maximum atomic E-state index is 1.86. The first kappa shape index (κ1) is 6.37. The number of piperidine rings is 2. The molecule has 2 heteroatoms. The summed E-state index contributed by atoms with van der Waals surface area (Å²) in [6, 6.07) is 0. The summed E-state index contributed by atoms with van der Waals surface area (Å²) in [6.07, 6.45) is 3.03. The van der Waals surface area contributed by atoms with E-state index in [2.05, 4.69) is 0 Å². The Labute approximate surface area is 56.5 Å². The number of nitrogens with one attached hydrogen (secondary N) is 1. The van der Waals surface area contributed by atoms with E-state index in [0.29, 0.717) is 0 Å². The highest BCUT2D eigenvalue weighted by Gasteiger charge is 2.34. The third-order valence-corrected chi connectivity index (χ3v) is 2.30. The SMILES string of the molecule is C1CC2C[NH+](C1)C2.[Cl-]. The zero-order valence-corrected chi connectivity index (χ0v) is 5.75. The normalized spacial score (nSPS) is 42.0. The zero-order chi connectivity index (χ0) is 4.69. The van der Waals surface area contributed by atoms with E-state index in [0.717, 1.165) is 5.92 Å². The fraction of sp³-hybridized carbons (Fsp3) is 1.00. The Balaban J connectivity index is 0.000000320. The van der Waals surface area contributed by atoms with Gasteiger partial charge in [0.05, 0.1) is 25.6 Å². The third-order valence-electron chi connectivity index (χ3n) is 2.30. The second-order valence-electron chi connectivity index (χ2n) is 2.92. The quantitative estimate of drug-likeness (QED) is 0.347. The summed E-state index contributed by atoms with van der Waals surface area (Å²) in [5.74, 6) is 1.14. The molecule has 0 spiro atoms. The highest BCUT2D eigenvalue weighted by atomic mass is 35.5. The van der Waals surface area contributed by atoms with Gasteiger partial charge in [-0.2, -0.15) is 0 Å². The summed E-state index contributed by atoms with van der Waals surface area (Å²) in [5, 5.41) is 0. The molecular formula is C6H12ClN. The van der Waals surface area contributed by atoms with Crippen LogP contribution in [0.4, 0.5) is 0 Å². The molecule has 1 N–H and O–H groups in total. The van der Waals surface area contributed by atoms with Crippen molar-refractivity contribution in [1.82, 2.24) is 0 Å². The molecule has 0 aromatic carbocycles. The van der Waals surface area contributed by atoms with E-state index >= 15 is 0 Å². The Bertz CT molecular complexity index is 65.1. The van der Waals surface area contributed by atoms with Crippen molar-refractivity contribution < 1.29 is 17.3 Å². The molecule has 3 rings (SSSR count). The van der Waals surface area contributed by atoms with Gasteiger partial charge in [-0.1, -0.05) is 0 Å². The molecule has 0 aliphatic carbocycles. The van der Waals surface area contributed by atoms with Crippen LogP contribution >= 0.6 is 0 Å². The van der Waals surface area contributed by atoms with Gasteiger partial charge in [0.1, 0.15) is 0 Å². The first-order chi connectivity index (χ1) is 3.45. The largest absolute Gasteiger partial charge is 1.00 e. The molecule has 48 valence electrons. The molecule has 3 aliphatic rings. The minimum Gasteiger partial charge on any atom is -1.00 e. The lowest BCUT2D eigenvalue weighted by Gasteiger charge is -2.40. The first-order valence-corrected chi connectivity index (χ1v) is 3.29. The number of hydrogen-bond acceptors (Lipinski definition) is 0. The summed E-state index contributed by atoms with van der Waals surface area (Å²) in [4.78, 5) is 1.86.